The average Bonchev–Trinajstić information content (AvgIpc) is 3.63. The number of hydrogen-bond donors (Lipinski definition) is 5. The number of nitrogens with one attached hydrogen (secondary N) is 4. The molecule has 1 aliphatic rings. The second kappa shape index (κ2) is 14.7. The molecule has 2 heterocycles. The molecule has 0 saturated carbocycles. The molecule has 0 fully saturated rings. The van der Waals surface area contributed by atoms with Crippen LogP contribution in [0.3, 0.4) is 0 Å². The van der Waals surface area contributed by atoms with Crippen LogP contribution in [0.4, 0.5) is 15.8 Å². The lowest BCUT2D eigenvalue weighted by Gasteiger charge is -2.17. The lowest BCUT2D eigenvalue weighted by atomic mass is 10.1. The molecule has 1 aliphatic heterocycles. The summed E-state index contributed by atoms with van der Waals surface area (Å²) in [5, 5.41) is 11.9. The van der Waals surface area contributed by atoms with E-state index in [1.165, 1.54) is 25.1 Å². The molecule has 0 spiro atoms. The maximum Gasteiger partial charge on any atom is 0.259 e. The van der Waals surface area contributed by atoms with E-state index < -0.39 is 0 Å². The number of anilines is 2. The third-order valence-electron chi connectivity index (χ3n) is 7.29. The third kappa shape index (κ3) is 7.05. The van der Waals surface area contributed by atoms with Crippen LogP contribution in [0.5, 0.6) is 0 Å². The molecule has 3 aromatic carbocycles. The highest BCUT2D eigenvalue weighted by Crippen LogP contribution is 2.39. The van der Waals surface area contributed by atoms with Crippen molar-refractivity contribution in [3.8, 4) is 0 Å². The number of aryl methyl sites for hydroxylation is 1. The van der Waals surface area contributed by atoms with Gasteiger partial charge in [-0.2, -0.15) is 0 Å². The largest absolute Gasteiger partial charge is 0.392 e. The molecule has 6 N–H and O–H groups in total. The Morgan fingerprint density at radius 3 is 2.64 bits per heavy atom. The van der Waals surface area contributed by atoms with E-state index in [2.05, 4.69) is 37.5 Å². The van der Waals surface area contributed by atoms with Crippen LogP contribution < -0.4 is 20.7 Å². The topological polar surface area (TPSA) is 135 Å². The van der Waals surface area contributed by atoms with E-state index >= 15 is 0 Å². The van der Waals surface area contributed by atoms with E-state index in [-0.39, 0.29) is 17.6 Å². The number of fused-ring (bicyclic) bond motifs is 2. The molecule has 0 aliphatic carbocycles. The van der Waals surface area contributed by atoms with Crippen molar-refractivity contribution in [2.75, 3.05) is 23.7 Å². The quantitative estimate of drug-likeness (QED) is 0.0771. The van der Waals surface area contributed by atoms with Crippen LogP contribution in [0, 0.1) is 18.2 Å². The summed E-state index contributed by atoms with van der Waals surface area (Å²) in [6, 6.07) is 16.4. The smallest absolute Gasteiger partial charge is 0.259 e. The van der Waals surface area contributed by atoms with Gasteiger partial charge in [-0.15, -0.1) is 0 Å². The molecule has 0 radical (unpaired) electrons. The van der Waals surface area contributed by atoms with Gasteiger partial charge in [-0.05, 0) is 94.0 Å². The minimum Gasteiger partial charge on any atom is -0.392 e. The summed E-state index contributed by atoms with van der Waals surface area (Å²) in [6.45, 7) is 9.64. The number of aliphatic imine (C=N–C) groups is 2. The predicted molar refractivity (Wildman–Crippen MR) is 187 cm³/mol. The minimum absolute atomic E-state index is 0.0886. The Bertz CT molecular complexity index is 1860. The SMILES string of the molecule is C=N/C(=C(/C)C=NC(=N)/C=C(/C)NC)c1c[nH]c2c(N3Cc4c(NSc5ccc(F)c(C)c5)cccc4C3=O)cccc12.CN. The van der Waals surface area contributed by atoms with Crippen molar-refractivity contribution in [3.05, 3.63) is 106 Å². The number of para-hydroxylation sites is 1. The Morgan fingerprint density at radius 2 is 1.93 bits per heavy atom. The number of hydrogen-bond acceptors (Lipinski definition) is 7. The van der Waals surface area contributed by atoms with E-state index in [4.69, 9.17) is 5.41 Å². The van der Waals surface area contributed by atoms with Gasteiger partial charge in [0.05, 0.1) is 29.1 Å². The van der Waals surface area contributed by atoms with Gasteiger partial charge in [0.15, 0.2) is 0 Å². The summed E-state index contributed by atoms with van der Waals surface area (Å²) in [4.78, 5) is 28.2. The number of H-pyrrole nitrogens is 1. The molecule has 4 aromatic rings. The first-order valence-corrected chi connectivity index (χ1v) is 15.0. The molecule has 1 amide bonds. The molecule has 0 atom stereocenters. The van der Waals surface area contributed by atoms with E-state index in [1.807, 2.05) is 56.4 Å². The Labute approximate surface area is 266 Å². The highest BCUT2D eigenvalue weighted by atomic mass is 32.2. The van der Waals surface area contributed by atoms with Crippen molar-refractivity contribution in [2.24, 2.45) is 15.7 Å². The number of allylic oxidation sites excluding steroid dienone is 2. The second-order valence-electron chi connectivity index (χ2n) is 10.2. The highest BCUT2D eigenvalue weighted by Gasteiger charge is 2.32. The molecular weight excluding hydrogens is 587 g/mol. The number of aromatic nitrogens is 1. The van der Waals surface area contributed by atoms with Crippen LogP contribution in [0.15, 0.2) is 93.0 Å². The van der Waals surface area contributed by atoms with Crippen molar-refractivity contribution >= 4 is 64.6 Å². The molecule has 5 rings (SSSR count). The van der Waals surface area contributed by atoms with E-state index in [0.29, 0.717) is 23.4 Å². The number of aromatic amines is 1. The second-order valence-corrected chi connectivity index (χ2v) is 11.0. The summed E-state index contributed by atoms with van der Waals surface area (Å²) in [7, 11) is 3.29. The number of halogens is 1. The Hall–Kier alpha value is -5.00. The van der Waals surface area contributed by atoms with Crippen LogP contribution in [0.25, 0.3) is 16.6 Å². The Kier molecular flexibility index (Phi) is 10.7. The summed E-state index contributed by atoms with van der Waals surface area (Å²) in [5.74, 6) is -0.215. The van der Waals surface area contributed by atoms with Crippen LogP contribution in [0.2, 0.25) is 0 Å². The van der Waals surface area contributed by atoms with Gasteiger partial charge in [0.2, 0.25) is 0 Å². The fraction of sp³-hybridized carbons (Fsp3) is 0.176. The van der Waals surface area contributed by atoms with E-state index in [0.717, 1.165) is 49.6 Å². The van der Waals surface area contributed by atoms with Crippen LogP contribution in [-0.4, -0.2) is 43.8 Å². The molecular formula is C34H37FN8OS. The van der Waals surface area contributed by atoms with Crippen molar-refractivity contribution in [3.63, 3.8) is 0 Å². The third-order valence-corrected chi connectivity index (χ3v) is 8.10. The van der Waals surface area contributed by atoms with Crippen LogP contribution in [-0.2, 0) is 6.54 Å². The first kappa shape index (κ1) is 32.9. The molecule has 0 bridgehead atoms. The van der Waals surface area contributed by atoms with Gasteiger partial charge in [-0.1, -0.05) is 18.2 Å². The number of carbonyl (C=O) groups is 1. The lowest BCUT2D eigenvalue weighted by molar-refractivity contribution is 0.0997. The van der Waals surface area contributed by atoms with Crippen molar-refractivity contribution in [1.29, 1.82) is 5.41 Å². The number of amides is 1. The predicted octanol–water partition coefficient (Wildman–Crippen LogP) is 7.07. The molecule has 45 heavy (non-hydrogen) atoms. The summed E-state index contributed by atoms with van der Waals surface area (Å²) in [5.41, 5.74) is 12.0. The zero-order chi connectivity index (χ0) is 32.7. The summed E-state index contributed by atoms with van der Waals surface area (Å²) < 4.78 is 17.1. The van der Waals surface area contributed by atoms with Gasteiger partial charge >= 0.3 is 0 Å². The normalized spacial score (nSPS) is 13.4. The maximum absolute atomic E-state index is 13.7. The molecule has 11 heteroatoms. The molecule has 232 valence electrons. The number of benzene rings is 3. The average molecular weight is 625 g/mol. The van der Waals surface area contributed by atoms with Gasteiger partial charge in [0, 0.05) is 58.2 Å². The van der Waals surface area contributed by atoms with Gasteiger partial charge in [0.1, 0.15) is 11.7 Å². The first-order valence-electron chi connectivity index (χ1n) is 14.2. The molecule has 0 saturated heterocycles. The summed E-state index contributed by atoms with van der Waals surface area (Å²) in [6.07, 6.45) is 5.10. The highest BCUT2D eigenvalue weighted by molar-refractivity contribution is 8.00. The molecule has 1 aromatic heterocycles. The fourth-order valence-electron chi connectivity index (χ4n) is 4.94. The van der Waals surface area contributed by atoms with Gasteiger partial charge in [-0.3, -0.25) is 15.2 Å². The van der Waals surface area contributed by atoms with Gasteiger partial charge < -0.3 is 25.7 Å². The molecule has 9 nitrogen and oxygen atoms in total. The zero-order valence-corrected chi connectivity index (χ0v) is 26.8. The Balaban J connectivity index is 0.00000226. The maximum atomic E-state index is 13.7. The lowest BCUT2D eigenvalue weighted by Crippen LogP contribution is -2.23. The van der Waals surface area contributed by atoms with Gasteiger partial charge in [0.25, 0.3) is 5.91 Å². The number of carbonyl (C=O) groups excluding carboxylic acids is 1. The van der Waals surface area contributed by atoms with E-state index in [9.17, 15) is 9.18 Å². The van der Waals surface area contributed by atoms with Crippen molar-refractivity contribution < 1.29 is 9.18 Å². The number of rotatable bonds is 9. The standard InChI is InChI=1S/C33H32FN7OS.CH5N/c1-19-14-22(12-13-27(19)34)43-40-28-10-6-9-24-26(28)18-41(33(24)42)29-11-7-8-23-25(17-39-32(23)29)31(37-5)20(2)16-38-30(35)15-21(3)36-4;1-2/h6-17,35-36,39-40H,5,18H2,1-4H3;2H2,1H3/b21-15-,31-20-,35-30?,38-16?;. The first-order chi connectivity index (χ1) is 21.7. The van der Waals surface area contributed by atoms with Gasteiger partial charge in [-0.25, -0.2) is 9.38 Å². The number of nitrogens with two attached hydrogens (primary N) is 1. The van der Waals surface area contributed by atoms with Crippen LogP contribution in [0.1, 0.15) is 40.9 Å². The van der Waals surface area contributed by atoms with E-state index in [1.54, 1.807) is 43.3 Å². The number of amidine groups is 1. The molecule has 0 unspecified atom stereocenters. The zero-order valence-electron chi connectivity index (χ0n) is 26.0. The fourth-order valence-corrected chi connectivity index (χ4v) is 5.73. The van der Waals surface area contributed by atoms with Crippen LogP contribution >= 0.6 is 11.9 Å². The minimum atomic E-state index is -0.240. The van der Waals surface area contributed by atoms with Crippen molar-refractivity contribution in [2.45, 2.75) is 32.2 Å². The monoisotopic (exact) mass is 624 g/mol. The number of nitrogens with zero attached hydrogens (tertiary/aromatic N) is 3. The Morgan fingerprint density at radius 1 is 1.18 bits per heavy atom. The summed E-state index contributed by atoms with van der Waals surface area (Å²) >= 11 is 1.38. The van der Waals surface area contributed by atoms with Crippen molar-refractivity contribution in [1.82, 2.24) is 10.3 Å².